The summed E-state index contributed by atoms with van der Waals surface area (Å²) in [6, 6.07) is 0. The minimum absolute atomic E-state index is 0.609. The van der Waals surface area contributed by atoms with E-state index in [1.54, 1.807) is 6.26 Å². The third-order valence-electron chi connectivity index (χ3n) is 1.04. The van der Waals surface area contributed by atoms with Gasteiger partial charge in [0, 0.05) is 22.8 Å². The fourth-order valence-electron chi connectivity index (χ4n) is 0.584. The van der Waals surface area contributed by atoms with Crippen LogP contribution in [0.15, 0.2) is 0 Å². The van der Waals surface area contributed by atoms with E-state index in [1.165, 1.54) is 0 Å². The highest BCUT2D eigenvalue weighted by Crippen LogP contribution is 1.85. The number of hydrogen-bond donors (Lipinski definition) is 0. The molecule has 9 heavy (non-hydrogen) atoms. The summed E-state index contributed by atoms with van der Waals surface area (Å²) in [5.74, 6) is 0.832. The van der Waals surface area contributed by atoms with Gasteiger partial charge in [0.25, 0.3) is 0 Å². The second-order valence-electron chi connectivity index (χ2n) is 2.43. The molecule has 0 aromatic heterocycles. The second-order valence-corrected chi connectivity index (χ2v) is 3.99. The van der Waals surface area contributed by atoms with Crippen LogP contribution in [0.3, 0.4) is 0 Å². The van der Waals surface area contributed by atoms with Gasteiger partial charge in [0.1, 0.15) is 0 Å². The first kappa shape index (κ1) is 9.11. The molecule has 1 atom stereocenters. The summed E-state index contributed by atoms with van der Waals surface area (Å²) < 4.78 is 10.5. The molecule has 2 nitrogen and oxygen atoms in total. The van der Waals surface area contributed by atoms with Crippen LogP contribution in [0.25, 0.3) is 0 Å². The molecule has 0 aliphatic rings. The zero-order valence-corrected chi connectivity index (χ0v) is 7.20. The van der Waals surface area contributed by atoms with Gasteiger partial charge in [-0.25, -0.2) is 0 Å². The van der Waals surface area contributed by atoms with Crippen LogP contribution in [-0.2, 0) is 10.8 Å². The highest BCUT2D eigenvalue weighted by Gasteiger charge is 1.91. The van der Waals surface area contributed by atoms with Crippen LogP contribution < -0.4 is 0 Å². The van der Waals surface area contributed by atoms with Crippen molar-refractivity contribution in [1.82, 2.24) is 4.90 Å². The van der Waals surface area contributed by atoms with Crippen molar-refractivity contribution in [2.24, 2.45) is 0 Å². The zero-order valence-electron chi connectivity index (χ0n) is 6.39. The third-order valence-corrected chi connectivity index (χ3v) is 1.90. The van der Waals surface area contributed by atoms with Gasteiger partial charge >= 0.3 is 0 Å². The Bertz CT molecular complexity index is 93.1. The molecule has 0 saturated heterocycles. The molecule has 0 fully saturated rings. The van der Waals surface area contributed by atoms with E-state index in [1.807, 2.05) is 14.1 Å². The van der Waals surface area contributed by atoms with Gasteiger partial charge in [-0.3, -0.25) is 4.21 Å². The fraction of sp³-hybridized carbons (Fsp3) is 1.00. The molecule has 0 spiro atoms. The molecule has 0 aromatic rings. The maximum atomic E-state index is 10.5. The first-order valence-electron chi connectivity index (χ1n) is 3.07. The van der Waals surface area contributed by atoms with E-state index in [0.29, 0.717) is 0 Å². The SMILES string of the molecule is CN(C)CCC[S@](C)=O. The Morgan fingerprint density at radius 3 is 2.33 bits per heavy atom. The summed E-state index contributed by atoms with van der Waals surface area (Å²) in [4.78, 5) is 2.10. The molecule has 0 aliphatic heterocycles. The molecule has 0 rings (SSSR count). The van der Waals surface area contributed by atoms with Gasteiger partial charge in [0.15, 0.2) is 0 Å². The van der Waals surface area contributed by atoms with Crippen LogP contribution in [0.1, 0.15) is 6.42 Å². The first-order valence-corrected chi connectivity index (χ1v) is 4.80. The Morgan fingerprint density at radius 2 is 2.00 bits per heavy atom. The molecule has 0 bridgehead atoms. The molecule has 56 valence electrons. The Morgan fingerprint density at radius 1 is 1.44 bits per heavy atom. The standard InChI is InChI=1S/C6H15NOS/c1-7(2)5-4-6-9(3)8/h4-6H2,1-3H3/t9-/m0/s1. The number of nitrogens with zero attached hydrogens (tertiary/aromatic N) is 1. The molecule has 0 radical (unpaired) electrons. The highest BCUT2D eigenvalue weighted by atomic mass is 32.2. The Hall–Kier alpha value is 0.110. The van der Waals surface area contributed by atoms with Crippen LogP contribution in [-0.4, -0.2) is 41.8 Å². The molecular weight excluding hydrogens is 134 g/mol. The fourth-order valence-corrected chi connectivity index (χ4v) is 1.12. The van der Waals surface area contributed by atoms with Gasteiger partial charge in [0.2, 0.25) is 0 Å². The molecule has 0 unspecified atom stereocenters. The Labute approximate surface area is 59.7 Å². The lowest BCUT2D eigenvalue weighted by Gasteiger charge is -2.06. The first-order chi connectivity index (χ1) is 4.13. The molecular formula is C6H15NOS. The third kappa shape index (κ3) is 8.11. The largest absolute Gasteiger partial charge is 0.309 e. The summed E-state index contributed by atoms with van der Waals surface area (Å²) >= 11 is 0. The predicted molar refractivity (Wildman–Crippen MR) is 42.1 cm³/mol. The number of hydrogen-bond acceptors (Lipinski definition) is 2. The van der Waals surface area contributed by atoms with E-state index in [-0.39, 0.29) is 0 Å². The van der Waals surface area contributed by atoms with Crippen LogP contribution >= 0.6 is 0 Å². The van der Waals surface area contributed by atoms with Gasteiger partial charge in [0.05, 0.1) is 0 Å². The monoisotopic (exact) mass is 149 g/mol. The van der Waals surface area contributed by atoms with Gasteiger partial charge in [-0.05, 0) is 27.1 Å². The number of rotatable bonds is 4. The quantitative estimate of drug-likeness (QED) is 0.573. The van der Waals surface area contributed by atoms with Gasteiger partial charge in [-0.2, -0.15) is 0 Å². The molecule has 0 N–H and O–H groups in total. The van der Waals surface area contributed by atoms with Crippen molar-refractivity contribution in [3.8, 4) is 0 Å². The summed E-state index contributed by atoms with van der Waals surface area (Å²) in [5, 5.41) is 0. The van der Waals surface area contributed by atoms with E-state index in [2.05, 4.69) is 4.90 Å². The van der Waals surface area contributed by atoms with Crippen molar-refractivity contribution in [2.45, 2.75) is 6.42 Å². The van der Waals surface area contributed by atoms with Crippen molar-refractivity contribution >= 4 is 10.8 Å². The van der Waals surface area contributed by atoms with Crippen LogP contribution in [0.2, 0.25) is 0 Å². The lowest BCUT2D eigenvalue weighted by atomic mass is 10.5. The molecule has 0 heterocycles. The minimum Gasteiger partial charge on any atom is -0.309 e. The van der Waals surface area contributed by atoms with E-state index < -0.39 is 10.8 Å². The van der Waals surface area contributed by atoms with E-state index in [9.17, 15) is 4.21 Å². The van der Waals surface area contributed by atoms with E-state index >= 15 is 0 Å². The maximum absolute atomic E-state index is 10.5. The maximum Gasteiger partial charge on any atom is 0.0244 e. The van der Waals surface area contributed by atoms with E-state index in [0.717, 1.165) is 18.7 Å². The molecule has 0 aromatic carbocycles. The zero-order chi connectivity index (χ0) is 7.28. The van der Waals surface area contributed by atoms with Crippen molar-refractivity contribution in [1.29, 1.82) is 0 Å². The van der Waals surface area contributed by atoms with Crippen molar-refractivity contribution < 1.29 is 4.21 Å². The highest BCUT2D eigenvalue weighted by molar-refractivity contribution is 7.84. The van der Waals surface area contributed by atoms with Gasteiger partial charge < -0.3 is 4.90 Å². The van der Waals surface area contributed by atoms with E-state index in [4.69, 9.17) is 0 Å². The van der Waals surface area contributed by atoms with Gasteiger partial charge in [-0.15, -0.1) is 0 Å². The molecule has 0 aliphatic carbocycles. The Kier molecular flexibility index (Phi) is 5.00. The molecule has 3 heteroatoms. The van der Waals surface area contributed by atoms with Gasteiger partial charge in [-0.1, -0.05) is 0 Å². The Balaban J connectivity index is 3.01. The van der Waals surface area contributed by atoms with Crippen LogP contribution in [0.5, 0.6) is 0 Å². The van der Waals surface area contributed by atoms with Crippen LogP contribution in [0, 0.1) is 0 Å². The lowest BCUT2D eigenvalue weighted by Crippen LogP contribution is -2.14. The second kappa shape index (κ2) is 4.94. The van der Waals surface area contributed by atoms with Crippen molar-refractivity contribution in [3.63, 3.8) is 0 Å². The normalized spacial score (nSPS) is 14.2. The van der Waals surface area contributed by atoms with Crippen LogP contribution in [0.4, 0.5) is 0 Å². The summed E-state index contributed by atoms with van der Waals surface area (Å²) in [7, 11) is 3.44. The molecule has 0 amide bonds. The lowest BCUT2D eigenvalue weighted by molar-refractivity contribution is 0.409. The predicted octanol–water partition coefficient (Wildman–Crippen LogP) is 0.317. The summed E-state index contributed by atoms with van der Waals surface area (Å²) in [6.45, 7) is 1.04. The topological polar surface area (TPSA) is 20.3 Å². The minimum atomic E-state index is -0.609. The average molecular weight is 149 g/mol. The average Bonchev–Trinajstić information content (AvgIpc) is 1.63. The summed E-state index contributed by atoms with van der Waals surface area (Å²) in [5.41, 5.74) is 0. The molecule has 0 saturated carbocycles. The van der Waals surface area contributed by atoms with Crippen molar-refractivity contribution in [2.75, 3.05) is 32.6 Å². The smallest absolute Gasteiger partial charge is 0.0244 e. The van der Waals surface area contributed by atoms with Crippen molar-refractivity contribution in [3.05, 3.63) is 0 Å². The summed E-state index contributed by atoms with van der Waals surface area (Å²) in [6.07, 6.45) is 2.78.